The summed E-state index contributed by atoms with van der Waals surface area (Å²) >= 11 is 0. The van der Waals surface area contributed by atoms with E-state index in [2.05, 4.69) is 0 Å². The molecule has 0 N–H and O–H groups in total. The number of hydrogen-bond donors (Lipinski definition) is 0. The van der Waals surface area contributed by atoms with Gasteiger partial charge in [0.05, 0.1) is 23.6 Å². The predicted octanol–water partition coefficient (Wildman–Crippen LogP) is 2.91. The SMILES string of the molecule is COC(=O)C1CCN(C(=O)CN(c2cccc(C)c2C)S(=O)(=O)c2ccccc2)CC1. The summed E-state index contributed by atoms with van der Waals surface area (Å²) < 4.78 is 33.0. The lowest BCUT2D eigenvalue weighted by Gasteiger charge is -2.33. The monoisotopic (exact) mass is 444 g/mol. The molecule has 0 bridgehead atoms. The average molecular weight is 445 g/mol. The number of anilines is 1. The summed E-state index contributed by atoms with van der Waals surface area (Å²) in [4.78, 5) is 26.6. The number of rotatable bonds is 6. The number of likely N-dealkylation sites (tertiary alicyclic amines) is 1. The van der Waals surface area contributed by atoms with Crippen molar-refractivity contribution >= 4 is 27.6 Å². The van der Waals surface area contributed by atoms with E-state index in [1.165, 1.54) is 23.5 Å². The summed E-state index contributed by atoms with van der Waals surface area (Å²) in [5, 5.41) is 0. The van der Waals surface area contributed by atoms with Gasteiger partial charge in [-0.25, -0.2) is 8.42 Å². The molecule has 0 atom stereocenters. The van der Waals surface area contributed by atoms with Crippen LogP contribution < -0.4 is 4.31 Å². The van der Waals surface area contributed by atoms with E-state index in [0.717, 1.165) is 11.1 Å². The van der Waals surface area contributed by atoms with Crippen LogP contribution in [-0.4, -0.2) is 51.9 Å². The number of hydrogen-bond acceptors (Lipinski definition) is 5. The zero-order valence-electron chi connectivity index (χ0n) is 18.1. The minimum absolute atomic E-state index is 0.133. The summed E-state index contributed by atoms with van der Waals surface area (Å²) in [6.45, 7) is 4.25. The Morgan fingerprint density at radius 2 is 1.68 bits per heavy atom. The molecule has 7 nitrogen and oxygen atoms in total. The van der Waals surface area contributed by atoms with Gasteiger partial charge in [-0.2, -0.15) is 0 Å². The van der Waals surface area contributed by atoms with E-state index >= 15 is 0 Å². The van der Waals surface area contributed by atoms with Gasteiger partial charge in [-0.3, -0.25) is 13.9 Å². The summed E-state index contributed by atoms with van der Waals surface area (Å²) in [7, 11) is -2.59. The zero-order valence-corrected chi connectivity index (χ0v) is 18.9. The lowest BCUT2D eigenvalue weighted by atomic mass is 9.97. The van der Waals surface area contributed by atoms with Crippen molar-refractivity contribution in [2.24, 2.45) is 5.92 Å². The van der Waals surface area contributed by atoms with Crippen molar-refractivity contribution in [3.8, 4) is 0 Å². The van der Waals surface area contributed by atoms with Crippen molar-refractivity contribution in [1.29, 1.82) is 0 Å². The van der Waals surface area contributed by atoms with Crippen LogP contribution in [0.15, 0.2) is 53.4 Å². The summed E-state index contributed by atoms with van der Waals surface area (Å²) in [6.07, 6.45) is 1.01. The molecule has 1 aliphatic rings. The topological polar surface area (TPSA) is 84.0 Å². The molecule has 0 aliphatic carbocycles. The number of sulfonamides is 1. The number of nitrogens with zero attached hydrogens (tertiary/aromatic N) is 2. The molecule has 1 aliphatic heterocycles. The fourth-order valence-corrected chi connectivity index (χ4v) is 5.27. The van der Waals surface area contributed by atoms with E-state index < -0.39 is 10.0 Å². The average Bonchev–Trinajstić information content (AvgIpc) is 2.79. The lowest BCUT2D eigenvalue weighted by Crippen LogP contribution is -2.47. The Kier molecular flexibility index (Phi) is 7.00. The maximum absolute atomic E-state index is 13.5. The van der Waals surface area contributed by atoms with Gasteiger partial charge in [0.2, 0.25) is 5.91 Å². The molecule has 2 aromatic rings. The highest BCUT2D eigenvalue weighted by atomic mass is 32.2. The molecule has 1 amide bonds. The normalized spacial score (nSPS) is 14.9. The molecule has 0 saturated carbocycles. The Morgan fingerprint density at radius 1 is 1.03 bits per heavy atom. The second-order valence-electron chi connectivity index (χ2n) is 7.72. The van der Waals surface area contributed by atoms with Gasteiger partial charge in [-0.1, -0.05) is 30.3 Å². The molecule has 2 aromatic carbocycles. The first-order chi connectivity index (χ1) is 14.8. The smallest absolute Gasteiger partial charge is 0.308 e. The second-order valence-corrected chi connectivity index (χ2v) is 9.58. The first kappa shape index (κ1) is 22.8. The van der Waals surface area contributed by atoms with Crippen molar-refractivity contribution in [3.05, 3.63) is 59.7 Å². The summed E-state index contributed by atoms with van der Waals surface area (Å²) in [5.41, 5.74) is 2.23. The van der Waals surface area contributed by atoms with Gasteiger partial charge < -0.3 is 9.64 Å². The number of aryl methyl sites for hydroxylation is 1. The van der Waals surface area contributed by atoms with Gasteiger partial charge in [0, 0.05) is 13.1 Å². The molecule has 1 saturated heterocycles. The molecule has 0 radical (unpaired) electrons. The van der Waals surface area contributed by atoms with Gasteiger partial charge in [-0.05, 0) is 56.0 Å². The van der Waals surface area contributed by atoms with Crippen LogP contribution in [0.1, 0.15) is 24.0 Å². The molecule has 1 heterocycles. The number of benzene rings is 2. The zero-order chi connectivity index (χ0) is 22.6. The number of methoxy groups -OCH3 is 1. The van der Waals surface area contributed by atoms with Crippen molar-refractivity contribution in [3.63, 3.8) is 0 Å². The molecular formula is C23H28N2O5S. The Morgan fingerprint density at radius 3 is 2.29 bits per heavy atom. The van der Waals surface area contributed by atoms with Crippen LogP contribution in [-0.2, 0) is 24.3 Å². The number of amides is 1. The fourth-order valence-electron chi connectivity index (χ4n) is 3.78. The third-order valence-corrected chi connectivity index (χ3v) is 7.61. The Hall–Kier alpha value is -2.87. The van der Waals surface area contributed by atoms with Crippen molar-refractivity contribution in [2.75, 3.05) is 31.0 Å². The van der Waals surface area contributed by atoms with E-state index in [4.69, 9.17) is 4.74 Å². The maximum atomic E-state index is 13.5. The lowest BCUT2D eigenvalue weighted by molar-refractivity contribution is -0.148. The van der Waals surface area contributed by atoms with Crippen LogP contribution in [0.2, 0.25) is 0 Å². The van der Waals surface area contributed by atoms with Crippen LogP contribution in [0.3, 0.4) is 0 Å². The van der Waals surface area contributed by atoms with Crippen LogP contribution in [0.5, 0.6) is 0 Å². The molecule has 1 fully saturated rings. The molecule has 0 aromatic heterocycles. The molecule has 8 heteroatoms. The highest BCUT2D eigenvalue weighted by Crippen LogP contribution is 2.29. The van der Waals surface area contributed by atoms with Crippen molar-refractivity contribution in [1.82, 2.24) is 4.90 Å². The van der Waals surface area contributed by atoms with Crippen molar-refractivity contribution in [2.45, 2.75) is 31.6 Å². The molecule has 166 valence electrons. The number of piperidine rings is 1. The molecule has 0 unspecified atom stereocenters. The quantitative estimate of drug-likeness (QED) is 0.640. The Bertz CT molecular complexity index is 1040. The second kappa shape index (κ2) is 9.51. The van der Waals surface area contributed by atoms with E-state index in [1.54, 1.807) is 35.2 Å². The molecule has 3 rings (SSSR count). The molecule has 31 heavy (non-hydrogen) atoms. The van der Waals surface area contributed by atoms with Gasteiger partial charge in [0.25, 0.3) is 10.0 Å². The standard InChI is InChI=1S/C23H28N2O5S/c1-17-8-7-11-21(18(17)2)25(31(28,29)20-9-5-4-6-10-20)16-22(26)24-14-12-19(13-15-24)23(27)30-3/h4-11,19H,12-16H2,1-3H3. The van der Waals surface area contributed by atoms with Crippen LogP contribution in [0.25, 0.3) is 0 Å². The van der Waals surface area contributed by atoms with Gasteiger partial charge >= 0.3 is 5.97 Å². The summed E-state index contributed by atoms with van der Waals surface area (Å²) in [5.74, 6) is -0.781. The number of carbonyl (C=O) groups is 2. The third-order valence-electron chi connectivity index (χ3n) is 5.84. The van der Waals surface area contributed by atoms with Crippen LogP contribution in [0.4, 0.5) is 5.69 Å². The van der Waals surface area contributed by atoms with Gasteiger partial charge in [0.15, 0.2) is 0 Å². The summed E-state index contributed by atoms with van der Waals surface area (Å²) in [6, 6.07) is 13.5. The molecule has 0 spiro atoms. The predicted molar refractivity (Wildman–Crippen MR) is 118 cm³/mol. The van der Waals surface area contributed by atoms with E-state index in [0.29, 0.717) is 31.6 Å². The maximum Gasteiger partial charge on any atom is 0.308 e. The number of carbonyl (C=O) groups excluding carboxylic acids is 2. The highest BCUT2D eigenvalue weighted by Gasteiger charge is 2.32. The van der Waals surface area contributed by atoms with E-state index in [-0.39, 0.29) is 29.2 Å². The third kappa shape index (κ3) is 4.90. The number of esters is 1. The minimum atomic E-state index is -3.94. The van der Waals surface area contributed by atoms with Crippen LogP contribution in [0, 0.1) is 19.8 Å². The Labute approximate surface area is 183 Å². The van der Waals surface area contributed by atoms with E-state index in [1.807, 2.05) is 19.9 Å². The molecular weight excluding hydrogens is 416 g/mol. The first-order valence-electron chi connectivity index (χ1n) is 10.2. The largest absolute Gasteiger partial charge is 0.469 e. The van der Waals surface area contributed by atoms with Crippen LogP contribution >= 0.6 is 0 Å². The van der Waals surface area contributed by atoms with Gasteiger partial charge in [-0.15, -0.1) is 0 Å². The highest BCUT2D eigenvalue weighted by molar-refractivity contribution is 7.92. The Balaban J connectivity index is 1.89. The van der Waals surface area contributed by atoms with Gasteiger partial charge in [0.1, 0.15) is 6.54 Å². The minimum Gasteiger partial charge on any atom is -0.469 e. The van der Waals surface area contributed by atoms with E-state index in [9.17, 15) is 18.0 Å². The number of ether oxygens (including phenoxy) is 1. The fraction of sp³-hybridized carbons (Fsp3) is 0.391. The van der Waals surface area contributed by atoms with Crippen molar-refractivity contribution < 1.29 is 22.7 Å². The first-order valence-corrected chi connectivity index (χ1v) is 11.7.